The van der Waals surface area contributed by atoms with Gasteiger partial charge in [0.05, 0.1) is 0 Å². The minimum atomic E-state index is 0.0831. The number of rotatable bonds is 5. The molecule has 2 aliphatic rings. The zero-order valence-electron chi connectivity index (χ0n) is 13.6. The molecule has 2 saturated heterocycles. The first-order valence-corrected chi connectivity index (χ1v) is 8.46. The van der Waals surface area contributed by atoms with Gasteiger partial charge in [0.25, 0.3) is 0 Å². The Morgan fingerprint density at radius 3 is 2.52 bits per heavy atom. The molecule has 21 heavy (non-hydrogen) atoms. The second-order valence-electron chi connectivity index (χ2n) is 6.36. The molecule has 0 unspecified atom stereocenters. The van der Waals surface area contributed by atoms with Crippen LogP contribution in [0.25, 0.3) is 0 Å². The highest BCUT2D eigenvalue weighted by Crippen LogP contribution is 2.30. The number of hydrogen-bond donors (Lipinski definition) is 1. The van der Waals surface area contributed by atoms with Crippen LogP contribution in [-0.4, -0.2) is 49.2 Å². The molecule has 2 heterocycles. The Labute approximate surface area is 128 Å². The summed E-state index contributed by atoms with van der Waals surface area (Å²) in [5, 5.41) is 3.17. The van der Waals surface area contributed by atoms with Crippen molar-refractivity contribution in [2.75, 3.05) is 32.8 Å². The number of carbonyl (C=O) groups is 1. The molecule has 0 bridgehead atoms. The van der Waals surface area contributed by atoms with Crippen LogP contribution in [0.2, 0.25) is 0 Å². The zero-order valence-corrected chi connectivity index (χ0v) is 13.6. The van der Waals surface area contributed by atoms with Crippen molar-refractivity contribution in [3.63, 3.8) is 0 Å². The van der Waals surface area contributed by atoms with Gasteiger partial charge < -0.3 is 10.1 Å². The highest BCUT2D eigenvalue weighted by atomic mass is 16.5. The smallest absolute Gasteiger partial charge is 0.246 e. The van der Waals surface area contributed by atoms with Crippen LogP contribution in [-0.2, 0) is 9.53 Å². The molecular weight excluding hydrogens is 264 g/mol. The van der Waals surface area contributed by atoms with Gasteiger partial charge in [0.2, 0.25) is 5.91 Å². The van der Waals surface area contributed by atoms with Crippen molar-refractivity contribution in [3.8, 4) is 0 Å². The van der Waals surface area contributed by atoms with E-state index in [-0.39, 0.29) is 11.4 Å². The molecule has 0 spiro atoms. The number of nitrogens with one attached hydrogen (secondary N) is 1. The van der Waals surface area contributed by atoms with Gasteiger partial charge in [-0.05, 0) is 52.1 Å². The first-order valence-electron chi connectivity index (χ1n) is 8.46. The number of carbonyl (C=O) groups excluding carboxylic acids is 1. The molecule has 0 aromatic rings. The van der Waals surface area contributed by atoms with E-state index >= 15 is 0 Å². The van der Waals surface area contributed by atoms with E-state index in [9.17, 15) is 4.79 Å². The van der Waals surface area contributed by atoms with Crippen molar-refractivity contribution in [2.24, 2.45) is 0 Å². The van der Waals surface area contributed by atoms with Crippen LogP contribution in [0.5, 0.6) is 0 Å². The van der Waals surface area contributed by atoms with Crippen molar-refractivity contribution < 1.29 is 9.53 Å². The monoisotopic (exact) mass is 294 g/mol. The van der Waals surface area contributed by atoms with Crippen molar-refractivity contribution in [2.45, 2.75) is 57.9 Å². The van der Waals surface area contributed by atoms with Crippen molar-refractivity contribution in [1.82, 2.24) is 10.2 Å². The lowest BCUT2D eigenvalue weighted by molar-refractivity contribution is -0.119. The lowest BCUT2D eigenvalue weighted by atomic mass is 9.86. The van der Waals surface area contributed by atoms with Crippen LogP contribution in [0, 0.1) is 0 Å². The first kappa shape index (κ1) is 16.5. The Morgan fingerprint density at radius 2 is 1.90 bits per heavy atom. The average molecular weight is 294 g/mol. The van der Waals surface area contributed by atoms with Gasteiger partial charge in [-0.1, -0.05) is 19.4 Å². The Kier molecular flexibility index (Phi) is 6.24. The second-order valence-corrected chi connectivity index (χ2v) is 6.36. The third kappa shape index (κ3) is 4.30. The summed E-state index contributed by atoms with van der Waals surface area (Å²) >= 11 is 0. The number of amides is 1. The predicted octanol–water partition coefficient (Wildman–Crippen LogP) is 2.49. The van der Waals surface area contributed by atoms with Gasteiger partial charge >= 0.3 is 0 Å². The largest absolute Gasteiger partial charge is 0.381 e. The third-order valence-corrected chi connectivity index (χ3v) is 4.90. The summed E-state index contributed by atoms with van der Waals surface area (Å²) in [7, 11) is 0. The molecular formula is C17H30N2O2. The molecule has 2 rings (SSSR count). The quantitative estimate of drug-likeness (QED) is 0.792. The van der Waals surface area contributed by atoms with E-state index in [4.69, 9.17) is 4.74 Å². The summed E-state index contributed by atoms with van der Waals surface area (Å²) in [6.45, 7) is 8.68. The van der Waals surface area contributed by atoms with Gasteiger partial charge in [0.1, 0.15) is 0 Å². The highest BCUT2D eigenvalue weighted by molar-refractivity contribution is 5.92. The number of likely N-dealkylation sites (tertiary alicyclic amines) is 1. The maximum absolute atomic E-state index is 12.2. The molecule has 0 aliphatic carbocycles. The standard InChI is InChI=1S/C17H30N2O2/c1-3-7-15(2)16(20)18-14-17(8-12-21-13-9-17)19-10-5-4-6-11-19/h7H,3-6,8-14H2,1-2H3,(H,18,20)/b15-7-. The fourth-order valence-electron chi connectivity index (χ4n) is 3.51. The average Bonchev–Trinajstić information content (AvgIpc) is 2.54. The molecule has 0 aromatic carbocycles. The normalized spacial score (nSPS) is 23.8. The molecule has 4 heteroatoms. The van der Waals surface area contributed by atoms with Crippen LogP contribution < -0.4 is 5.32 Å². The summed E-state index contributed by atoms with van der Waals surface area (Å²) < 4.78 is 5.56. The summed E-state index contributed by atoms with van der Waals surface area (Å²) in [4.78, 5) is 14.8. The van der Waals surface area contributed by atoms with E-state index in [0.29, 0.717) is 0 Å². The zero-order chi connectivity index (χ0) is 15.1. The molecule has 1 N–H and O–H groups in total. The third-order valence-electron chi connectivity index (χ3n) is 4.90. The van der Waals surface area contributed by atoms with E-state index in [0.717, 1.165) is 44.6 Å². The molecule has 2 aliphatic heterocycles. The minimum Gasteiger partial charge on any atom is -0.381 e. The van der Waals surface area contributed by atoms with E-state index in [1.165, 1.54) is 32.4 Å². The molecule has 0 saturated carbocycles. The van der Waals surface area contributed by atoms with Gasteiger partial charge in [-0.25, -0.2) is 0 Å². The Morgan fingerprint density at radius 1 is 1.24 bits per heavy atom. The van der Waals surface area contributed by atoms with Crippen LogP contribution in [0.3, 0.4) is 0 Å². The van der Waals surface area contributed by atoms with Crippen LogP contribution >= 0.6 is 0 Å². The topological polar surface area (TPSA) is 41.6 Å². The number of hydrogen-bond acceptors (Lipinski definition) is 3. The summed E-state index contributed by atoms with van der Waals surface area (Å²) in [5.41, 5.74) is 0.944. The fourth-order valence-corrected chi connectivity index (χ4v) is 3.51. The molecule has 0 atom stereocenters. The minimum absolute atomic E-state index is 0.0831. The van der Waals surface area contributed by atoms with E-state index < -0.39 is 0 Å². The number of piperidine rings is 1. The summed E-state index contributed by atoms with van der Waals surface area (Å²) in [6.07, 6.45) is 8.87. The first-order chi connectivity index (χ1) is 10.2. The molecule has 2 fully saturated rings. The Balaban J connectivity index is 1.99. The van der Waals surface area contributed by atoms with Gasteiger partial charge in [0.15, 0.2) is 0 Å². The fraction of sp³-hybridized carbons (Fsp3) is 0.824. The lowest BCUT2D eigenvalue weighted by Crippen LogP contribution is -2.59. The maximum atomic E-state index is 12.2. The molecule has 1 amide bonds. The van der Waals surface area contributed by atoms with E-state index in [1.54, 1.807) is 0 Å². The van der Waals surface area contributed by atoms with Crippen molar-refractivity contribution in [1.29, 1.82) is 0 Å². The van der Waals surface area contributed by atoms with Gasteiger partial charge in [-0.2, -0.15) is 0 Å². The van der Waals surface area contributed by atoms with Gasteiger partial charge in [0, 0.05) is 30.9 Å². The maximum Gasteiger partial charge on any atom is 0.246 e. The molecule has 0 aromatic heterocycles. The Hall–Kier alpha value is -0.870. The SMILES string of the molecule is CC/C=C(/C)C(=O)NCC1(N2CCCCC2)CCOCC1. The molecule has 120 valence electrons. The van der Waals surface area contributed by atoms with Gasteiger partial charge in [-0.15, -0.1) is 0 Å². The summed E-state index contributed by atoms with van der Waals surface area (Å²) in [5.74, 6) is 0.0831. The van der Waals surface area contributed by atoms with Crippen molar-refractivity contribution >= 4 is 5.91 Å². The van der Waals surface area contributed by atoms with E-state index in [1.807, 2.05) is 13.0 Å². The van der Waals surface area contributed by atoms with E-state index in [2.05, 4.69) is 17.1 Å². The van der Waals surface area contributed by atoms with Crippen LogP contribution in [0.15, 0.2) is 11.6 Å². The number of nitrogens with zero attached hydrogens (tertiary/aromatic N) is 1. The highest BCUT2D eigenvalue weighted by Gasteiger charge is 2.39. The van der Waals surface area contributed by atoms with Crippen LogP contribution in [0.1, 0.15) is 52.4 Å². The lowest BCUT2D eigenvalue weighted by Gasteiger charge is -2.48. The molecule has 0 radical (unpaired) electrons. The van der Waals surface area contributed by atoms with Gasteiger partial charge in [-0.3, -0.25) is 9.69 Å². The molecule has 4 nitrogen and oxygen atoms in total. The summed E-state index contributed by atoms with van der Waals surface area (Å²) in [6, 6.07) is 0. The number of allylic oxidation sites excluding steroid dienone is 1. The van der Waals surface area contributed by atoms with Crippen LogP contribution in [0.4, 0.5) is 0 Å². The van der Waals surface area contributed by atoms with Crippen molar-refractivity contribution in [3.05, 3.63) is 11.6 Å². The second kappa shape index (κ2) is 7.95. The number of ether oxygens (including phenoxy) is 1. The predicted molar refractivity (Wildman–Crippen MR) is 85.3 cm³/mol. The Bertz CT molecular complexity index is 367.